The molecule has 0 spiro atoms. The second kappa shape index (κ2) is 6.07. The fraction of sp³-hybridized carbons (Fsp3) is 1.00. The topological polar surface area (TPSA) is 0 Å². The van der Waals surface area contributed by atoms with Crippen molar-refractivity contribution in [2.45, 2.75) is 78.1 Å². The van der Waals surface area contributed by atoms with Crippen LogP contribution in [0, 0.1) is 23.7 Å². The van der Waals surface area contributed by atoms with Crippen molar-refractivity contribution in [1.82, 2.24) is 0 Å². The fourth-order valence-electron chi connectivity index (χ4n) is 3.72. The van der Waals surface area contributed by atoms with Gasteiger partial charge in [0, 0.05) is 0 Å². The Kier molecular flexibility index (Phi) is 4.73. The fourth-order valence-corrected chi connectivity index (χ4v) is 3.72. The van der Waals surface area contributed by atoms with Crippen LogP contribution in [0.2, 0.25) is 0 Å². The van der Waals surface area contributed by atoms with Gasteiger partial charge in [-0.05, 0) is 36.5 Å². The number of rotatable bonds is 6. The van der Waals surface area contributed by atoms with Crippen LogP contribution in [0.15, 0.2) is 0 Å². The minimum absolute atomic E-state index is 0.967. The second-order valence-electron chi connectivity index (χ2n) is 6.57. The molecular weight excluding hydrogens is 192 g/mol. The Morgan fingerprint density at radius 1 is 0.938 bits per heavy atom. The normalized spacial score (nSPS) is 32.6. The van der Waals surface area contributed by atoms with E-state index in [4.69, 9.17) is 0 Å². The van der Waals surface area contributed by atoms with Crippen LogP contribution in [-0.4, -0.2) is 0 Å². The van der Waals surface area contributed by atoms with E-state index < -0.39 is 0 Å². The molecule has 0 saturated heterocycles. The zero-order valence-electron chi connectivity index (χ0n) is 11.4. The van der Waals surface area contributed by atoms with Crippen LogP contribution in [0.4, 0.5) is 0 Å². The summed E-state index contributed by atoms with van der Waals surface area (Å²) in [7, 11) is 0. The first kappa shape index (κ1) is 12.5. The van der Waals surface area contributed by atoms with Gasteiger partial charge in [-0.25, -0.2) is 0 Å². The Morgan fingerprint density at radius 2 is 1.62 bits per heavy atom. The van der Waals surface area contributed by atoms with Crippen molar-refractivity contribution in [2.24, 2.45) is 23.7 Å². The lowest BCUT2D eigenvalue weighted by atomic mass is 9.77. The Morgan fingerprint density at radius 3 is 2.25 bits per heavy atom. The lowest BCUT2D eigenvalue weighted by Gasteiger charge is -2.28. The lowest BCUT2D eigenvalue weighted by molar-refractivity contribution is 0.235. The van der Waals surface area contributed by atoms with E-state index >= 15 is 0 Å². The average Bonchev–Trinajstić information content (AvgIpc) is 2.63. The van der Waals surface area contributed by atoms with Crippen LogP contribution in [0.1, 0.15) is 78.1 Å². The minimum atomic E-state index is 0.967. The molecule has 94 valence electrons. The van der Waals surface area contributed by atoms with Gasteiger partial charge in [-0.1, -0.05) is 65.2 Å². The highest BCUT2D eigenvalue weighted by Gasteiger charge is 2.29. The molecule has 2 aliphatic carbocycles. The molecule has 0 aliphatic heterocycles. The molecule has 2 saturated carbocycles. The zero-order chi connectivity index (χ0) is 11.4. The van der Waals surface area contributed by atoms with Crippen LogP contribution in [-0.2, 0) is 0 Å². The molecule has 2 fully saturated rings. The average molecular weight is 222 g/mol. The highest BCUT2D eigenvalue weighted by molar-refractivity contribution is 4.80. The van der Waals surface area contributed by atoms with Crippen molar-refractivity contribution in [3.05, 3.63) is 0 Å². The molecule has 0 aromatic rings. The Labute approximate surface area is 102 Å². The molecule has 3 atom stereocenters. The number of hydrogen-bond donors (Lipinski definition) is 0. The summed E-state index contributed by atoms with van der Waals surface area (Å²) in [6, 6.07) is 0. The molecule has 0 nitrogen and oxygen atoms in total. The first-order valence-corrected chi connectivity index (χ1v) is 7.79. The lowest BCUT2D eigenvalue weighted by Crippen LogP contribution is -2.16. The molecule has 0 bridgehead atoms. The standard InChI is InChI=1S/C16H30/c1-3-13(2)12-16-9-5-8-15(16)11-10-14-6-4-7-14/h13-16H,3-12H2,1-2H3. The largest absolute Gasteiger partial charge is 0.0651 e. The quantitative estimate of drug-likeness (QED) is 0.563. The maximum Gasteiger partial charge on any atom is -0.0383 e. The summed E-state index contributed by atoms with van der Waals surface area (Å²) in [5, 5.41) is 0. The summed E-state index contributed by atoms with van der Waals surface area (Å²) in [6.07, 6.45) is 15.2. The van der Waals surface area contributed by atoms with Crippen LogP contribution < -0.4 is 0 Å². The maximum atomic E-state index is 2.45. The van der Waals surface area contributed by atoms with E-state index in [0.29, 0.717) is 0 Å². The second-order valence-corrected chi connectivity index (χ2v) is 6.57. The van der Waals surface area contributed by atoms with Crippen molar-refractivity contribution < 1.29 is 0 Å². The molecule has 2 aliphatic rings. The molecule has 0 heterocycles. The molecule has 0 N–H and O–H groups in total. The van der Waals surface area contributed by atoms with E-state index in [1.807, 2.05) is 0 Å². The molecule has 0 amide bonds. The number of hydrogen-bond acceptors (Lipinski definition) is 0. The summed E-state index contributed by atoms with van der Waals surface area (Å²) in [5.74, 6) is 4.30. The Hall–Kier alpha value is 0. The third-order valence-electron chi connectivity index (χ3n) is 5.39. The highest BCUT2D eigenvalue weighted by Crippen LogP contribution is 2.41. The van der Waals surface area contributed by atoms with Gasteiger partial charge >= 0.3 is 0 Å². The van der Waals surface area contributed by atoms with Gasteiger partial charge in [0.05, 0.1) is 0 Å². The van der Waals surface area contributed by atoms with Crippen molar-refractivity contribution in [1.29, 1.82) is 0 Å². The Balaban J connectivity index is 1.69. The van der Waals surface area contributed by atoms with Crippen molar-refractivity contribution in [3.63, 3.8) is 0 Å². The van der Waals surface area contributed by atoms with Gasteiger partial charge in [-0.2, -0.15) is 0 Å². The highest BCUT2D eigenvalue weighted by atomic mass is 14.3. The zero-order valence-corrected chi connectivity index (χ0v) is 11.4. The first-order valence-electron chi connectivity index (χ1n) is 7.79. The summed E-state index contributed by atoms with van der Waals surface area (Å²) in [4.78, 5) is 0. The maximum absolute atomic E-state index is 2.45. The van der Waals surface area contributed by atoms with Gasteiger partial charge in [-0.15, -0.1) is 0 Å². The molecular formula is C16H30. The molecule has 0 radical (unpaired) electrons. The van der Waals surface area contributed by atoms with Crippen molar-refractivity contribution >= 4 is 0 Å². The van der Waals surface area contributed by atoms with E-state index in [-0.39, 0.29) is 0 Å². The SMILES string of the molecule is CCC(C)CC1CCCC1CCC1CCC1. The molecule has 3 unspecified atom stereocenters. The molecule has 2 rings (SSSR count). The first-order chi connectivity index (χ1) is 7.79. The van der Waals surface area contributed by atoms with E-state index in [0.717, 1.165) is 23.7 Å². The minimum Gasteiger partial charge on any atom is -0.0651 e. The van der Waals surface area contributed by atoms with E-state index in [1.54, 1.807) is 38.5 Å². The van der Waals surface area contributed by atoms with Gasteiger partial charge < -0.3 is 0 Å². The van der Waals surface area contributed by atoms with Crippen LogP contribution in [0.25, 0.3) is 0 Å². The van der Waals surface area contributed by atoms with Gasteiger partial charge in [0.15, 0.2) is 0 Å². The van der Waals surface area contributed by atoms with Crippen LogP contribution in [0.3, 0.4) is 0 Å². The predicted octanol–water partition coefficient (Wildman–Crippen LogP) is 5.42. The summed E-state index contributed by atoms with van der Waals surface area (Å²) in [6.45, 7) is 4.80. The van der Waals surface area contributed by atoms with E-state index in [9.17, 15) is 0 Å². The molecule has 16 heavy (non-hydrogen) atoms. The predicted molar refractivity (Wildman–Crippen MR) is 71.5 cm³/mol. The summed E-state index contributed by atoms with van der Waals surface area (Å²) < 4.78 is 0. The summed E-state index contributed by atoms with van der Waals surface area (Å²) >= 11 is 0. The van der Waals surface area contributed by atoms with Crippen molar-refractivity contribution in [2.75, 3.05) is 0 Å². The Bertz CT molecular complexity index is 192. The molecule has 0 aromatic heterocycles. The van der Waals surface area contributed by atoms with Gasteiger partial charge in [0.1, 0.15) is 0 Å². The van der Waals surface area contributed by atoms with Crippen LogP contribution in [0.5, 0.6) is 0 Å². The van der Waals surface area contributed by atoms with Gasteiger partial charge in [-0.3, -0.25) is 0 Å². The molecule has 0 heteroatoms. The third-order valence-corrected chi connectivity index (χ3v) is 5.39. The smallest absolute Gasteiger partial charge is 0.0383 e. The molecule has 0 aromatic carbocycles. The third kappa shape index (κ3) is 3.25. The van der Waals surface area contributed by atoms with E-state index in [1.165, 1.54) is 25.7 Å². The van der Waals surface area contributed by atoms with Gasteiger partial charge in [0.25, 0.3) is 0 Å². The van der Waals surface area contributed by atoms with Crippen LogP contribution >= 0.6 is 0 Å². The van der Waals surface area contributed by atoms with Gasteiger partial charge in [0.2, 0.25) is 0 Å². The monoisotopic (exact) mass is 222 g/mol. The van der Waals surface area contributed by atoms with E-state index in [2.05, 4.69) is 13.8 Å². The summed E-state index contributed by atoms with van der Waals surface area (Å²) in [5.41, 5.74) is 0. The van der Waals surface area contributed by atoms with Crippen molar-refractivity contribution in [3.8, 4) is 0 Å².